The van der Waals surface area contributed by atoms with Crippen molar-refractivity contribution in [3.8, 4) is 12.3 Å². The van der Waals surface area contributed by atoms with Crippen molar-refractivity contribution in [2.75, 3.05) is 0 Å². The summed E-state index contributed by atoms with van der Waals surface area (Å²) in [6.07, 6.45) is 29.8. The second-order valence-electron chi connectivity index (χ2n) is 8.44. The molecule has 0 aromatic carbocycles. The average molecular weight is 415 g/mol. The topological polar surface area (TPSA) is 38.4 Å². The Hall–Kier alpha value is -1.99. The normalized spacial score (nSPS) is 23.3. The number of aliphatic imine (C=N–C) groups is 1. The van der Waals surface area contributed by atoms with Gasteiger partial charge < -0.3 is 0 Å². The van der Waals surface area contributed by atoms with Crippen molar-refractivity contribution < 1.29 is 0 Å². The first-order chi connectivity index (χ1) is 14.6. The Labute approximate surface area is 188 Å². The van der Waals surface area contributed by atoms with Crippen molar-refractivity contribution in [2.45, 2.75) is 70.3 Å². The predicted molar refractivity (Wildman–Crippen MR) is 135 cm³/mol. The summed E-state index contributed by atoms with van der Waals surface area (Å²) in [7, 11) is 5.79. The Balaban J connectivity index is 1.65. The Morgan fingerprint density at radius 1 is 1.33 bits per heavy atom. The van der Waals surface area contributed by atoms with Crippen LogP contribution in [0.4, 0.5) is 0 Å². The van der Waals surface area contributed by atoms with E-state index >= 15 is 0 Å². The first-order valence-corrected chi connectivity index (χ1v) is 11.6. The van der Waals surface area contributed by atoms with E-state index in [0.29, 0.717) is 11.0 Å². The van der Waals surface area contributed by atoms with Gasteiger partial charge in [0.25, 0.3) is 0 Å². The van der Waals surface area contributed by atoms with E-state index < -0.39 is 0 Å². The molecule has 0 aromatic heterocycles. The summed E-state index contributed by atoms with van der Waals surface area (Å²) in [6.45, 7) is 0. The fourth-order valence-electron chi connectivity index (χ4n) is 4.62. The second-order valence-corrected chi connectivity index (χ2v) is 8.89. The van der Waals surface area contributed by atoms with Gasteiger partial charge in [-0.2, -0.15) is 0 Å². The molecule has 2 nitrogen and oxygen atoms in total. The third kappa shape index (κ3) is 6.02. The zero-order chi connectivity index (χ0) is 21.3. The quantitative estimate of drug-likeness (QED) is 0.249. The second kappa shape index (κ2) is 11.4. The Morgan fingerprint density at radius 3 is 2.87 bits per heavy atom. The molecule has 0 aliphatic heterocycles. The minimum atomic E-state index is 0.0516. The van der Waals surface area contributed by atoms with Crippen LogP contribution < -0.4 is 5.73 Å². The van der Waals surface area contributed by atoms with Crippen LogP contribution in [-0.4, -0.2) is 25.2 Å². The van der Waals surface area contributed by atoms with Crippen molar-refractivity contribution in [2.24, 2.45) is 16.6 Å². The summed E-state index contributed by atoms with van der Waals surface area (Å²) in [4.78, 5) is 5.84. The number of hydrogen-bond acceptors (Lipinski definition) is 3. The number of allylic oxidation sites excluding steroid dienone is 6. The number of nitrogens with two attached hydrogens (primary N) is 1. The molecule has 3 aliphatic rings. The molecule has 1 unspecified atom stereocenters. The van der Waals surface area contributed by atoms with E-state index in [-0.39, 0.29) is 6.04 Å². The van der Waals surface area contributed by atoms with Gasteiger partial charge in [0.1, 0.15) is 0 Å². The van der Waals surface area contributed by atoms with Crippen LogP contribution in [0.3, 0.4) is 0 Å². The zero-order valence-corrected chi connectivity index (χ0v) is 18.7. The van der Waals surface area contributed by atoms with Crippen molar-refractivity contribution in [1.29, 1.82) is 0 Å². The minimum absolute atomic E-state index is 0.0516. The molecule has 0 bridgehead atoms. The van der Waals surface area contributed by atoms with Crippen LogP contribution in [0.5, 0.6) is 0 Å². The first kappa shape index (κ1) is 22.7. The molecule has 1 fully saturated rings. The third-order valence-electron chi connectivity index (χ3n) is 6.42. The van der Waals surface area contributed by atoms with Gasteiger partial charge in [0.2, 0.25) is 0 Å². The molecule has 0 aromatic rings. The molecule has 0 saturated heterocycles. The fraction of sp³-hybridized carbons (Fsp3) is 0.462. The van der Waals surface area contributed by atoms with Gasteiger partial charge in [-0.3, -0.25) is 0 Å². The van der Waals surface area contributed by atoms with E-state index in [0.717, 1.165) is 31.6 Å². The number of thiol groups is 1. The summed E-state index contributed by atoms with van der Waals surface area (Å²) < 4.78 is 0. The van der Waals surface area contributed by atoms with E-state index in [1.165, 1.54) is 66.3 Å². The van der Waals surface area contributed by atoms with Gasteiger partial charge in [-0.25, -0.2) is 0 Å². The van der Waals surface area contributed by atoms with Gasteiger partial charge in [-0.1, -0.05) is 32.1 Å². The van der Waals surface area contributed by atoms with Crippen LogP contribution >= 0.6 is 12.6 Å². The molecule has 1 atom stereocenters. The van der Waals surface area contributed by atoms with Crippen molar-refractivity contribution in [1.82, 2.24) is 0 Å². The van der Waals surface area contributed by atoms with Crippen LogP contribution in [0.15, 0.2) is 62.7 Å². The molecule has 30 heavy (non-hydrogen) atoms. The first-order valence-electron chi connectivity index (χ1n) is 11.2. The summed E-state index contributed by atoms with van der Waals surface area (Å²) >= 11 is 4.97. The van der Waals surface area contributed by atoms with Crippen LogP contribution in [-0.2, 0) is 0 Å². The molecule has 0 spiro atoms. The van der Waals surface area contributed by atoms with Gasteiger partial charge in [0, 0.05) is 0 Å². The van der Waals surface area contributed by atoms with Gasteiger partial charge in [-0.15, -0.1) is 0 Å². The molecule has 1 radical (unpaired) electrons. The van der Waals surface area contributed by atoms with Crippen molar-refractivity contribution >= 4 is 31.8 Å². The van der Waals surface area contributed by atoms with Crippen molar-refractivity contribution in [3.05, 3.63) is 57.7 Å². The van der Waals surface area contributed by atoms with Gasteiger partial charge in [-0.05, 0) is 5.92 Å². The summed E-state index contributed by atoms with van der Waals surface area (Å²) in [5.41, 5.74) is 10.7. The van der Waals surface area contributed by atoms with E-state index in [1.54, 1.807) is 6.21 Å². The fourth-order valence-corrected chi connectivity index (χ4v) is 5.08. The number of nitrogens with zero attached hydrogens (tertiary/aromatic N) is 1. The van der Waals surface area contributed by atoms with Gasteiger partial charge >= 0.3 is 151 Å². The summed E-state index contributed by atoms with van der Waals surface area (Å²) in [5, 5.41) is 0. The molecule has 3 aliphatic carbocycles. The number of hydrogen-bond donors (Lipinski definition) is 2. The molecule has 0 heterocycles. The molecule has 155 valence electrons. The zero-order valence-electron chi connectivity index (χ0n) is 17.8. The molecule has 1 saturated carbocycles. The maximum atomic E-state index is 5.79. The Morgan fingerprint density at radius 2 is 2.13 bits per heavy atom. The van der Waals surface area contributed by atoms with Crippen LogP contribution in [0.2, 0.25) is 0 Å². The third-order valence-corrected chi connectivity index (χ3v) is 6.98. The average Bonchev–Trinajstić information content (AvgIpc) is 2.79. The van der Waals surface area contributed by atoms with Gasteiger partial charge in [0.15, 0.2) is 0 Å². The monoisotopic (exact) mass is 415 g/mol. The Bertz CT molecular complexity index is 873. The van der Waals surface area contributed by atoms with Crippen LogP contribution in [0.1, 0.15) is 64.2 Å². The van der Waals surface area contributed by atoms with E-state index in [2.05, 4.69) is 35.2 Å². The molecular formula is C26H32BN2S. The number of rotatable bonds is 7. The van der Waals surface area contributed by atoms with Crippen LogP contribution in [0, 0.1) is 18.3 Å². The summed E-state index contributed by atoms with van der Waals surface area (Å²) in [5.74, 6) is 3.31. The van der Waals surface area contributed by atoms with Crippen LogP contribution in [0.25, 0.3) is 0 Å². The van der Waals surface area contributed by atoms with E-state index in [1.807, 2.05) is 0 Å². The predicted octanol–water partition coefficient (Wildman–Crippen LogP) is 5.39. The number of terminal acetylenes is 1. The standard InChI is InChI=1S/C26H32BN2S/c1-2-25(27)22(17-28)18-29-23-12-6-11-21(16-23)24-13-7-10-20(26(24)30)15-14-19-8-4-3-5-9-19/h1,6,10-12,17-19,23,30H,3-5,7-9,13-16,28H2. The molecular weight excluding hydrogens is 383 g/mol. The molecule has 2 N–H and O–H groups in total. The van der Waals surface area contributed by atoms with Crippen molar-refractivity contribution in [3.63, 3.8) is 0 Å². The maximum absolute atomic E-state index is 5.79. The summed E-state index contributed by atoms with van der Waals surface area (Å²) in [6, 6.07) is 0.0516. The van der Waals surface area contributed by atoms with E-state index in [9.17, 15) is 0 Å². The SMILES string of the molecule is [B]=C(C#C)C(C=NC1C=CC=C(C2=C(S)C(CCC3CCCCC3)=CCC2)C1)=CN. The Kier molecular flexibility index (Phi) is 8.64. The molecule has 4 heteroatoms. The van der Waals surface area contributed by atoms with E-state index in [4.69, 9.17) is 32.3 Å². The van der Waals surface area contributed by atoms with Gasteiger partial charge in [0.05, 0.1) is 0 Å². The molecule has 3 rings (SSSR count). The molecule has 0 amide bonds.